The van der Waals surface area contributed by atoms with Crippen molar-refractivity contribution in [3.05, 3.63) is 0 Å². The van der Waals surface area contributed by atoms with Crippen LogP contribution < -0.4 is 10.6 Å². The predicted molar refractivity (Wildman–Crippen MR) is 56.0 cm³/mol. The first-order valence-electron chi connectivity index (χ1n) is 5.81. The Balaban J connectivity index is 1.86. The maximum Gasteiger partial charge on any atom is 0.237 e. The van der Waals surface area contributed by atoms with E-state index in [-0.39, 0.29) is 11.9 Å². The van der Waals surface area contributed by atoms with Gasteiger partial charge in [-0.15, -0.1) is 0 Å². The Bertz CT molecular complexity index is 217. The van der Waals surface area contributed by atoms with E-state index in [0.717, 1.165) is 25.3 Å². The van der Waals surface area contributed by atoms with Crippen molar-refractivity contribution >= 4 is 5.91 Å². The molecule has 80 valence electrons. The van der Waals surface area contributed by atoms with E-state index in [2.05, 4.69) is 17.6 Å². The van der Waals surface area contributed by atoms with Gasteiger partial charge in [-0.2, -0.15) is 0 Å². The van der Waals surface area contributed by atoms with Crippen LogP contribution in [0.25, 0.3) is 0 Å². The second kappa shape index (κ2) is 4.30. The molecule has 14 heavy (non-hydrogen) atoms. The molecule has 2 fully saturated rings. The molecule has 0 bridgehead atoms. The lowest BCUT2D eigenvalue weighted by Gasteiger charge is -2.27. The van der Waals surface area contributed by atoms with Crippen molar-refractivity contribution in [2.75, 3.05) is 6.54 Å². The molecule has 1 amide bonds. The van der Waals surface area contributed by atoms with Gasteiger partial charge in [0.15, 0.2) is 0 Å². The molecule has 1 saturated carbocycles. The standard InChI is InChI=1S/C11H20N2O/c1-8-4-2-5-9(8)13-10-6-3-7-12-11(10)14/h8-10,13H,2-7H2,1H3,(H,12,14). The van der Waals surface area contributed by atoms with Gasteiger partial charge in [-0.3, -0.25) is 4.79 Å². The van der Waals surface area contributed by atoms with Gasteiger partial charge in [0, 0.05) is 12.6 Å². The molecule has 1 aliphatic heterocycles. The maximum atomic E-state index is 11.5. The van der Waals surface area contributed by atoms with E-state index >= 15 is 0 Å². The molecule has 0 radical (unpaired) electrons. The summed E-state index contributed by atoms with van der Waals surface area (Å²) in [4.78, 5) is 11.5. The van der Waals surface area contributed by atoms with Crippen LogP contribution in [0.1, 0.15) is 39.0 Å². The smallest absolute Gasteiger partial charge is 0.237 e. The number of hydrogen-bond donors (Lipinski definition) is 2. The van der Waals surface area contributed by atoms with E-state index in [4.69, 9.17) is 0 Å². The highest BCUT2D eigenvalue weighted by Crippen LogP contribution is 2.25. The summed E-state index contributed by atoms with van der Waals surface area (Å²) in [6, 6.07) is 0.651. The highest BCUT2D eigenvalue weighted by atomic mass is 16.2. The molecular formula is C11H20N2O. The van der Waals surface area contributed by atoms with E-state index in [1.807, 2.05) is 0 Å². The third-order valence-electron chi connectivity index (χ3n) is 3.56. The fourth-order valence-corrected chi connectivity index (χ4v) is 2.58. The number of hydrogen-bond acceptors (Lipinski definition) is 2. The van der Waals surface area contributed by atoms with Gasteiger partial charge in [-0.1, -0.05) is 13.3 Å². The molecule has 0 aromatic heterocycles. The van der Waals surface area contributed by atoms with Crippen LogP contribution in [0.5, 0.6) is 0 Å². The van der Waals surface area contributed by atoms with Gasteiger partial charge in [0.1, 0.15) is 0 Å². The van der Waals surface area contributed by atoms with Crippen LogP contribution >= 0.6 is 0 Å². The minimum atomic E-state index is 0.0781. The fourth-order valence-electron chi connectivity index (χ4n) is 2.58. The van der Waals surface area contributed by atoms with Crippen molar-refractivity contribution < 1.29 is 4.79 Å². The SMILES string of the molecule is CC1CCCC1NC1CCCNC1=O. The first-order chi connectivity index (χ1) is 6.77. The minimum absolute atomic E-state index is 0.0781. The monoisotopic (exact) mass is 196 g/mol. The molecule has 0 aromatic rings. The van der Waals surface area contributed by atoms with Crippen molar-refractivity contribution in [2.24, 2.45) is 5.92 Å². The van der Waals surface area contributed by atoms with Crippen molar-refractivity contribution in [1.29, 1.82) is 0 Å². The van der Waals surface area contributed by atoms with Crippen LogP contribution in [0, 0.1) is 5.92 Å². The third kappa shape index (κ3) is 2.08. The lowest BCUT2D eigenvalue weighted by Crippen LogP contribution is -2.52. The average Bonchev–Trinajstić information content (AvgIpc) is 2.56. The highest BCUT2D eigenvalue weighted by Gasteiger charge is 2.29. The summed E-state index contributed by atoms with van der Waals surface area (Å²) in [5.74, 6) is 0.945. The second-order valence-corrected chi connectivity index (χ2v) is 4.67. The second-order valence-electron chi connectivity index (χ2n) is 4.67. The Morgan fingerprint density at radius 3 is 2.79 bits per heavy atom. The third-order valence-corrected chi connectivity index (χ3v) is 3.56. The summed E-state index contributed by atoms with van der Waals surface area (Å²) in [7, 11) is 0. The lowest BCUT2D eigenvalue weighted by molar-refractivity contribution is -0.124. The summed E-state index contributed by atoms with van der Waals surface area (Å²) in [6.45, 7) is 3.14. The average molecular weight is 196 g/mol. The first kappa shape index (κ1) is 9.97. The molecule has 2 N–H and O–H groups in total. The van der Waals surface area contributed by atoms with Gasteiger partial charge in [0.2, 0.25) is 5.91 Å². The van der Waals surface area contributed by atoms with E-state index in [1.54, 1.807) is 0 Å². The van der Waals surface area contributed by atoms with Crippen molar-refractivity contribution in [2.45, 2.75) is 51.1 Å². The van der Waals surface area contributed by atoms with E-state index in [9.17, 15) is 4.79 Å². The van der Waals surface area contributed by atoms with Gasteiger partial charge < -0.3 is 10.6 Å². The van der Waals surface area contributed by atoms with Crippen molar-refractivity contribution in [3.63, 3.8) is 0 Å². The van der Waals surface area contributed by atoms with E-state index < -0.39 is 0 Å². The number of rotatable bonds is 2. The maximum absolute atomic E-state index is 11.5. The summed E-state index contributed by atoms with van der Waals surface area (Å²) >= 11 is 0. The summed E-state index contributed by atoms with van der Waals surface area (Å²) in [5, 5.41) is 6.42. The molecular weight excluding hydrogens is 176 g/mol. The Hall–Kier alpha value is -0.570. The minimum Gasteiger partial charge on any atom is -0.355 e. The molecule has 0 aromatic carbocycles. The van der Waals surface area contributed by atoms with Gasteiger partial charge >= 0.3 is 0 Å². The van der Waals surface area contributed by atoms with E-state index in [1.165, 1.54) is 19.3 Å². The zero-order valence-corrected chi connectivity index (χ0v) is 8.88. The molecule has 3 unspecified atom stereocenters. The number of piperidine rings is 1. The summed E-state index contributed by atoms with van der Waals surface area (Å²) in [6.07, 6.45) is 5.99. The van der Waals surface area contributed by atoms with Gasteiger partial charge in [-0.05, 0) is 31.6 Å². The van der Waals surface area contributed by atoms with Crippen LogP contribution in [0.4, 0.5) is 0 Å². The Kier molecular flexibility index (Phi) is 3.06. The van der Waals surface area contributed by atoms with Gasteiger partial charge in [0.25, 0.3) is 0 Å². The molecule has 0 spiro atoms. The van der Waals surface area contributed by atoms with Crippen LogP contribution in [-0.4, -0.2) is 24.5 Å². The Morgan fingerprint density at radius 2 is 2.14 bits per heavy atom. The zero-order chi connectivity index (χ0) is 9.97. The van der Waals surface area contributed by atoms with Crippen LogP contribution in [0.15, 0.2) is 0 Å². The summed E-state index contributed by atoms with van der Waals surface area (Å²) in [5.41, 5.74) is 0. The molecule has 1 heterocycles. The molecule has 3 nitrogen and oxygen atoms in total. The molecule has 3 atom stereocenters. The fraction of sp³-hybridized carbons (Fsp3) is 0.909. The quantitative estimate of drug-likeness (QED) is 0.693. The van der Waals surface area contributed by atoms with Crippen LogP contribution in [0.2, 0.25) is 0 Å². The number of nitrogens with one attached hydrogen (secondary N) is 2. The van der Waals surface area contributed by atoms with Crippen molar-refractivity contribution in [3.8, 4) is 0 Å². The number of amides is 1. The Labute approximate surface area is 85.6 Å². The first-order valence-corrected chi connectivity index (χ1v) is 5.81. The number of carbonyl (C=O) groups is 1. The highest BCUT2D eigenvalue weighted by molar-refractivity contribution is 5.82. The largest absolute Gasteiger partial charge is 0.355 e. The Morgan fingerprint density at radius 1 is 1.29 bits per heavy atom. The predicted octanol–water partition coefficient (Wildman–Crippen LogP) is 1.04. The molecule has 2 rings (SSSR count). The zero-order valence-electron chi connectivity index (χ0n) is 8.88. The normalized spacial score (nSPS) is 38.4. The van der Waals surface area contributed by atoms with Crippen molar-refractivity contribution in [1.82, 2.24) is 10.6 Å². The van der Waals surface area contributed by atoms with Crippen LogP contribution in [-0.2, 0) is 4.79 Å². The molecule has 2 aliphatic rings. The number of carbonyl (C=O) groups excluding carboxylic acids is 1. The van der Waals surface area contributed by atoms with Gasteiger partial charge in [-0.25, -0.2) is 0 Å². The van der Waals surface area contributed by atoms with E-state index in [0.29, 0.717) is 6.04 Å². The van der Waals surface area contributed by atoms with Crippen LogP contribution in [0.3, 0.4) is 0 Å². The topological polar surface area (TPSA) is 41.1 Å². The molecule has 3 heteroatoms. The van der Waals surface area contributed by atoms with Gasteiger partial charge in [0.05, 0.1) is 6.04 Å². The molecule has 1 saturated heterocycles. The summed E-state index contributed by atoms with van der Waals surface area (Å²) < 4.78 is 0. The lowest BCUT2D eigenvalue weighted by atomic mass is 10.0. The molecule has 1 aliphatic carbocycles.